The van der Waals surface area contributed by atoms with Crippen molar-refractivity contribution in [2.75, 3.05) is 0 Å². The molecule has 1 saturated heterocycles. The number of ether oxygens (including phenoxy) is 1. The van der Waals surface area contributed by atoms with Gasteiger partial charge in [-0.25, -0.2) is 0 Å². The van der Waals surface area contributed by atoms with Gasteiger partial charge in [-0.05, 0) is 26.2 Å². The third-order valence-electron chi connectivity index (χ3n) is 2.43. The van der Waals surface area contributed by atoms with E-state index in [9.17, 15) is 5.11 Å². The molecule has 1 heterocycles. The van der Waals surface area contributed by atoms with Crippen molar-refractivity contribution in [2.45, 2.75) is 57.8 Å². The van der Waals surface area contributed by atoms with Gasteiger partial charge in [0.1, 0.15) is 0 Å². The first-order chi connectivity index (χ1) is 6.24. The predicted molar refractivity (Wildman–Crippen MR) is 53.6 cm³/mol. The van der Waals surface area contributed by atoms with Gasteiger partial charge in [0.15, 0.2) is 0 Å². The maximum Gasteiger partial charge on any atom is 0.0841 e. The molecule has 13 heavy (non-hydrogen) atoms. The van der Waals surface area contributed by atoms with Crippen LogP contribution in [0.25, 0.3) is 0 Å². The number of hydrogen-bond acceptors (Lipinski definition) is 2. The van der Waals surface area contributed by atoms with Crippen molar-refractivity contribution in [1.82, 2.24) is 0 Å². The van der Waals surface area contributed by atoms with Crippen LogP contribution in [0.15, 0.2) is 12.2 Å². The molecule has 0 spiro atoms. The zero-order chi connectivity index (χ0) is 9.68. The van der Waals surface area contributed by atoms with Crippen molar-refractivity contribution in [3.8, 4) is 0 Å². The summed E-state index contributed by atoms with van der Waals surface area (Å²) in [5.41, 5.74) is 0. The van der Waals surface area contributed by atoms with Crippen molar-refractivity contribution in [2.24, 2.45) is 0 Å². The third kappa shape index (κ3) is 3.49. The molecular weight excluding hydrogens is 164 g/mol. The highest BCUT2D eigenvalue weighted by Gasteiger charge is 2.30. The molecule has 1 rings (SSSR count). The molecule has 1 N–H and O–H groups in total. The molecule has 0 bridgehead atoms. The molecular formula is C11H20O2. The second kappa shape index (κ2) is 5.40. The van der Waals surface area contributed by atoms with E-state index in [1.54, 1.807) is 0 Å². The molecule has 0 aromatic rings. The number of rotatable bonds is 4. The first-order valence-electron chi connectivity index (χ1n) is 5.22. The van der Waals surface area contributed by atoms with Gasteiger partial charge >= 0.3 is 0 Å². The molecule has 0 aliphatic carbocycles. The molecule has 0 amide bonds. The highest BCUT2D eigenvalue weighted by atomic mass is 16.5. The molecule has 76 valence electrons. The van der Waals surface area contributed by atoms with E-state index < -0.39 is 0 Å². The van der Waals surface area contributed by atoms with Crippen LogP contribution in [0.4, 0.5) is 0 Å². The number of hydrogen-bond donors (Lipinski definition) is 1. The average molecular weight is 184 g/mol. The predicted octanol–water partition coefficient (Wildman–Crippen LogP) is 2.27. The van der Waals surface area contributed by atoms with Crippen LogP contribution in [0.5, 0.6) is 0 Å². The number of aliphatic hydroxyl groups is 1. The van der Waals surface area contributed by atoms with E-state index in [0.717, 1.165) is 25.7 Å². The maximum absolute atomic E-state index is 9.57. The van der Waals surface area contributed by atoms with Crippen LogP contribution in [0.2, 0.25) is 0 Å². The molecule has 0 unspecified atom stereocenters. The lowest BCUT2D eigenvalue weighted by Crippen LogP contribution is -2.20. The van der Waals surface area contributed by atoms with Crippen molar-refractivity contribution < 1.29 is 9.84 Å². The summed E-state index contributed by atoms with van der Waals surface area (Å²) in [7, 11) is 0. The highest BCUT2D eigenvalue weighted by Crippen LogP contribution is 2.23. The average Bonchev–Trinajstić information content (AvgIpc) is 2.39. The molecule has 0 saturated carbocycles. The Hall–Kier alpha value is -0.340. The molecule has 2 heteroatoms. The van der Waals surface area contributed by atoms with E-state index >= 15 is 0 Å². The molecule has 1 aliphatic heterocycles. The van der Waals surface area contributed by atoms with Gasteiger partial charge in [-0.1, -0.05) is 19.1 Å². The Bertz CT molecular complexity index is 165. The van der Waals surface area contributed by atoms with Crippen LogP contribution in [-0.4, -0.2) is 23.4 Å². The van der Waals surface area contributed by atoms with Crippen molar-refractivity contribution in [1.29, 1.82) is 0 Å². The zero-order valence-electron chi connectivity index (χ0n) is 8.57. The molecule has 1 aliphatic rings. The molecule has 0 aromatic heterocycles. The van der Waals surface area contributed by atoms with Crippen LogP contribution >= 0.6 is 0 Å². The lowest BCUT2D eigenvalue weighted by molar-refractivity contribution is 0.0120. The summed E-state index contributed by atoms with van der Waals surface area (Å²) in [6, 6.07) is 0. The highest BCUT2D eigenvalue weighted by molar-refractivity contribution is 4.85. The van der Waals surface area contributed by atoms with Crippen molar-refractivity contribution in [3.63, 3.8) is 0 Å². The Morgan fingerprint density at radius 3 is 2.77 bits per heavy atom. The van der Waals surface area contributed by atoms with Gasteiger partial charge in [0.05, 0.1) is 18.3 Å². The Morgan fingerprint density at radius 2 is 2.23 bits per heavy atom. The molecule has 2 nitrogen and oxygen atoms in total. The van der Waals surface area contributed by atoms with Gasteiger partial charge in [0.2, 0.25) is 0 Å². The van der Waals surface area contributed by atoms with E-state index in [1.807, 2.05) is 6.92 Å². The SMILES string of the molecule is CC/C=C\CC[C@@H]1O[C@H](C)C[C@@H]1O. The Labute approximate surface area is 80.6 Å². The first kappa shape index (κ1) is 10.7. The van der Waals surface area contributed by atoms with Crippen LogP contribution in [0.1, 0.15) is 39.5 Å². The Balaban J connectivity index is 2.18. The summed E-state index contributed by atoms with van der Waals surface area (Å²) >= 11 is 0. The van der Waals surface area contributed by atoms with Gasteiger partial charge in [-0.2, -0.15) is 0 Å². The fraction of sp³-hybridized carbons (Fsp3) is 0.818. The summed E-state index contributed by atoms with van der Waals surface area (Å²) in [5.74, 6) is 0. The van der Waals surface area contributed by atoms with E-state index in [0.29, 0.717) is 0 Å². The smallest absolute Gasteiger partial charge is 0.0841 e. The normalized spacial score (nSPS) is 34.5. The second-order valence-electron chi connectivity index (χ2n) is 3.75. The van der Waals surface area contributed by atoms with E-state index in [4.69, 9.17) is 4.74 Å². The van der Waals surface area contributed by atoms with Crippen LogP contribution in [0, 0.1) is 0 Å². The Kier molecular flexibility index (Phi) is 4.46. The first-order valence-corrected chi connectivity index (χ1v) is 5.22. The van der Waals surface area contributed by atoms with Gasteiger partial charge in [-0.15, -0.1) is 0 Å². The minimum absolute atomic E-state index is 0.0662. The zero-order valence-corrected chi connectivity index (χ0v) is 8.57. The topological polar surface area (TPSA) is 29.5 Å². The van der Waals surface area contributed by atoms with Crippen LogP contribution in [0.3, 0.4) is 0 Å². The quantitative estimate of drug-likeness (QED) is 0.679. The summed E-state index contributed by atoms with van der Waals surface area (Å²) in [6.45, 7) is 4.14. The fourth-order valence-electron chi connectivity index (χ4n) is 1.74. The van der Waals surface area contributed by atoms with E-state index in [1.165, 1.54) is 0 Å². The van der Waals surface area contributed by atoms with Crippen LogP contribution < -0.4 is 0 Å². The third-order valence-corrected chi connectivity index (χ3v) is 2.43. The summed E-state index contributed by atoms with van der Waals surface area (Å²) in [6.07, 6.45) is 8.22. The standard InChI is InChI=1S/C11H20O2/c1-3-4-5-6-7-11-10(12)8-9(2)13-11/h4-5,9-12H,3,6-8H2,1-2H3/b5-4-/t9-,10+,11+/m1/s1. The Morgan fingerprint density at radius 1 is 1.46 bits per heavy atom. The number of allylic oxidation sites excluding steroid dienone is 2. The second-order valence-corrected chi connectivity index (χ2v) is 3.75. The summed E-state index contributed by atoms with van der Waals surface area (Å²) in [5, 5.41) is 9.57. The maximum atomic E-state index is 9.57. The molecule has 0 radical (unpaired) electrons. The van der Waals surface area contributed by atoms with Gasteiger partial charge in [-0.3, -0.25) is 0 Å². The molecule has 0 aromatic carbocycles. The lowest BCUT2D eigenvalue weighted by Gasteiger charge is -2.12. The fourth-order valence-corrected chi connectivity index (χ4v) is 1.74. The monoisotopic (exact) mass is 184 g/mol. The summed E-state index contributed by atoms with van der Waals surface area (Å²) < 4.78 is 5.57. The van der Waals surface area contributed by atoms with Crippen molar-refractivity contribution >= 4 is 0 Å². The van der Waals surface area contributed by atoms with E-state index in [-0.39, 0.29) is 18.3 Å². The molecule has 3 atom stereocenters. The largest absolute Gasteiger partial charge is 0.390 e. The van der Waals surface area contributed by atoms with Crippen molar-refractivity contribution in [3.05, 3.63) is 12.2 Å². The van der Waals surface area contributed by atoms with Gasteiger partial charge in [0, 0.05) is 6.42 Å². The number of aliphatic hydroxyl groups excluding tert-OH is 1. The van der Waals surface area contributed by atoms with Gasteiger partial charge in [0.25, 0.3) is 0 Å². The van der Waals surface area contributed by atoms with Crippen LogP contribution in [-0.2, 0) is 4.74 Å². The minimum Gasteiger partial charge on any atom is -0.390 e. The lowest BCUT2D eigenvalue weighted by atomic mass is 10.1. The molecule has 1 fully saturated rings. The minimum atomic E-state index is -0.245. The summed E-state index contributed by atoms with van der Waals surface area (Å²) in [4.78, 5) is 0. The van der Waals surface area contributed by atoms with E-state index in [2.05, 4.69) is 19.1 Å². The van der Waals surface area contributed by atoms with Gasteiger partial charge < -0.3 is 9.84 Å².